The summed E-state index contributed by atoms with van der Waals surface area (Å²) in [5.74, 6) is 2.16. The van der Waals surface area contributed by atoms with E-state index < -0.39 is 0 Å². The minimum atomic E-state index is 0.0984. The van der Waals surface area contributed by atoms with Crippen LogP contribution >= 0.6 is 0 Å². The third-order valence-electron chi connectivity index (χ3n) is 5.72. The number of rotatable bonds is 8. The number of ether oxygens (including phenoxy) is 3. The predicted octanol–water partition coefficient (Wildman–Crippen LogP) is 2.77. The summed E-state index contributed by atoms with van der Waals surface area (Å²) in [5, 5.41) is 3.18. The fourth-order valence-electron chi connectivity index (χ4n) is 4.17. The third-order valence-corrected chi connectivity index (χ3v) is 5.72. The summed E-state index contributed by atoms with van der Waals surface area (Å²) in [4.78, 5) is 14.8. The summed E-state index contributed by atoms with van der Waals surface area (Å²) in [6.07, 6.45) is 5.56. The number of carbonyl (C=O) groups is 1. The van der Waals surface area contributed by atoms with Crippen LogP contribution in [-0.2, 0) is 9.53 Å². The summed E-state index contributed by atoms with van der Waals surface area (Å²) in [6.45, 7) is 3.76. The normalized spacial score (nSPS) is 19.6. The van der Waals surface area contributed by atoms with E-state index in [0.29, 0.717) is 30.4 Å². The summed E-state index contributed by atoms with van der Waals surface area (Å²) < 4.78 is 16.3. The Morgan fingerprint density at radius 1 is 1.19 bits per heavy atom. The zero-order chi connectivity index (χ0) is 19.1. The fraction of sp³-hybridized carbons (Fsp3) is 0.667. The topological polar surface area (TPSA) is 60.0 Å². The Morgan fingerprint density at radius 2 is 1.89 bits per heavy atom. The van der Waals surface area contributed by atoms with Gasteiger partial charge in [-0.2, -0.15) is 0 Å². The predicted molar refractivity (Wildman–Crippen MR) is 104 cm³/mol. The Kier molecular flexibility index (Phi) is 7.35. The number of carbonyl (C=O) groups excluding carboxylic acids is 1. The fourth-order valence-corrected chi connectivity index (χ4v) is 4.17. The minimum Gasteiger partial charge on any atom is -0.493 e. The molecule has 3 rings (SSSR count). The van der Waals surface area contributed by atoms with Crippen molar-refractivity contribution in [1.29, 1.82) is 0 Å². The monoisotopic (exact) mass is 376 g/mol. The number of amides is 1. The first-order valence-electron chi connectivity index (χ1n) is 10.0. The van der Waals surface area contributed by atoms with Crippen LogP contribution in [-0.4, -0.2) is 57.9 Å². The number of hydrogen-bond donors (Lipinski definition) is 1. The smallest absolute Gasteiger partial charge is 0.220 e. The molecule has 1 atom stereocenters. The van der Waals surface area contributed by atoms with Crippen molar-refractivity contribution in [1.82, 2.24) is 10.2 Å². The molecule has 1 unspecified atom stereocenters. The lowest BCUT2D eigenvalue weighted by Gasteiger charge is -2.35. The lowest BCUT2D eigenvalue weighted by Crippen LogP contribution is -2.44. The Balaban J connectivity index is 1.69. The van der Waals surface area contributed by atoms with Gasteiger partial charge in [-0.3, -0.25) is 9.69 Å². The standard InChI is InChI=1S/C21H32N2O4/c1-25-19-8-7-17(14-20(19)26-2)18(23-9-11-27-12-10-23)15-22-21(24)13-16-5-3-4-6-16/h7-8,14,16,18H,3-6,9-13,15H2,1-2H3,(H,22,24). The van der Waals surface area contributed by atoms with E-state index in [2.05, 4.69) is 16.3 Å². The van der Waals surface area contributed by atoms with E-state index in [0.717, 1.165) is 31.9 Å². The van der Waals surface area contributed by atoms with Crippen LogP contribution in [0, 0.1) is 5.92 Å². The maximum Gasteiger partial charge on any atom is 0.220 e. The van der Waals surface area contributed by atoms with E-state index >= 15 is 0 Å². The number of hydrogen-bond acceptors (Lipinski definition) is 5. The lowest BCUT2D eigenvalue weighted by molar-refractivity contribution is -0.122. The number of morpholine rings is 1. The van der Waals surface area contributed by atoms with Crippen molar-refractivity contribution in [3.8, 4) is 11.5 Å². The van der Waals surface area contributed by atoms with Gasteiger partial charge in [-0.05, 0) is 36.5 Å². The molecular weight excluding hydrogens is 344 g/mol. The Hall–Kier alpha value is -1.79. The molecule has 1 amide bonds. The number of nitrogens with zero attached hydrogens (tertiary/aromatic N) is 1. The highest BCUT2D eigenvalue weighted by molar-refractivity contribution is 5.76. The molecule has 2 fully saturated rings. The van der Waals surface area contributed by atoms with Gasteiger partial charge in [-0.1, -0.05) is 18.9 Å². The van der Waals surface area contributed by atoms with Gasteiger partial charge < -0.3 is 19.5 Å². The van der Waals surface area contributed by atoms with Gasteiger partial charge >= 0.3 is 0 Å². The van der Waals surface area contributed by atoms with Gasteiger partial charge in [0.05, 0.1) is 33.5 Å². The summed E-state index contributed by atoms with van der Waals surface area (Å²) >= 11 is 0. The molecule has 6 heteroatoms. The van der Waals surface area contributed by atoms with Crippen molar-refractivity contribution in [3.63, 3.8) is 0 Å². The van der Waals surface area contributed by atoms with E-state index in [1.54, 1.807) is 14.2 Å². The Labute approximate surface area is 162 Å². The van der Waals surface area contributed by atoms with Gasteiger partial charge in [0.25, 0.3) is 0 Å². The van der Waals surface area contributed by atoms with E-state index in [4.69, 9.17) is 14.2 Å². The van der Waals surface area contributed by atoms with Crippen molar-refractivity contribution in [3.05, 3.63) is 23.8 Å². The second kappa shape index (κ2) is 9.95. The molecule has 1 heterocycles. The maximum atomic E-state index is 12.4. The van der Waals surface area contributed by atoms with Crippen molar-refractivity contribution in [2.45, 2.75) is 38.1 Å². The third kappa shape index (κ3) is 5.36. The van der Waals surface area contributed by atoms with E-state index in [-0.39, 0.29) is 11.9 Å². The zero-order valence-corrected chi connectivity index (χ0v) is 16.5. The largest absolute Gasteiger partial charge is 0.493 e. The summed E-state index contributed by atoms with van der Waals surface area (Å²) in [5.41, 5.74) is 1.12. The molecule has 1 saturated heterocycles. The van der Waals surface area contributed by atoms with Crippen LogP contribution < -0.4 is 14.8 Å². The van der Waals surface area contributed by atoms with Gasteiger partial charge in [0, 0.05) is 26.1 Å². The zero-order valence-electron chi connectivity index (χ0n) is 16.5. The van der Waals surface area contributed by atoms with Crippen LogP contribution in [0.15, 0.2) is 18.2 Å². The van der Waals surface area contributed by atoms with E-state index in [1.807, 2.05) is 12.1 Å². The van der Waals surface area contributed by atoms with E-state index in [1.165, 1.54) is 25.7 Å². The average Bonchev–Trinajstić information content (AvgIpc) is 3.21. The van der Waals surface area contributed by atoms with Crippen LogP contribution in [0.25, 0.3) is 0 Å². The SMILES string of the molecule is COc1ccc(C(CNC(=O)CC2CCCC2)N2CCOCC2)cc1OC. The molecule has 1 aliphatic heterocycles. The molecule has 150 valence electrons. The summed E-state index contributed by atoms with van der Waals surface area (Å²) in [7, 11) is 3.29. The van der Waals surface area contributed by atoms with Crippen molar-refractivity contribution in [2.24, 2.45) is 5.92 Å². The molecule has 1 aromatic carbocycles. The highest BCUT2D eigenvalue weighted by atomic mass is 16.5. The average molecular weight is 376 g/mol. The minimum absolute atomic E-state index is 0.0984. The maximum absolute atomic E-state index is 12.4. The molecule has 6 nitrogen and oxygen atoms in total. The van der Waals surface area contributed by atoms with Gasteiger partial charge in [-0.25, -0.2) is 0 Å². The molecule has 1 aliphatic carbocycles. The van der Waals surface area contributed by atoms with Crippen LogP contribution in [0.3, 0.4) is 0 Å². The number of methoxy groups -OCH3 is 2. The quantitative estimate of drug-likeness (QED) is 0.756. The van der Waals surface area contributed by atoms with Crippen molar-refractivity contribution in [2.75, 3.05) is 47.1 Å². The van der Waals surface area contributed by atoms with Crippen molar-refractivity contribution >= 4 is 5.91 Å². The molecule has 0 spiro atoms. The first-order valence-corrected chi connectivity index (χ1v) is 10.0. The molecule has 0 radical (unpaired) electrons. The van der Waals surface area contributed by atoms with Gasteiger partial charge in [0.1, 0.15) is 0 Å². The molecule has 27 heavy (non-hydrogen) atoms. The van der Waals surface area contributed by atoms with E-state index in [9.17, 15) is 4.79 Å². The second-order valence-electron chi connectivity index (χ2n) is 7.44. The van der Waals surface area contributed by atoms with Crippen LogP contribution in [0.1, 0.15) is 43.7 Å². The molecular formula is C21H32N2O4. The van der Waals surface area contributed by atoms with Crippen LogP contribution in [0.2, 0.25) is 0 Å². The molecule has 0 bridgehead atoms. The van der Waals surface area contributed by atoms with Crippen molar-refractivity contribution < 1.29 is 19.0 Å². The van der Waals surface area contributed by atoms with Crippen LogP contribution in [0.5, 0.6) is 11.5 Å². The molecule has 2 aliphatic rings. The Bertz CT molecular complexity index is 610. The molecule has 1 aromatic rings. The first kappa shape index (κ1) is 20.0. The lowest BCUT2D eigenvalue weighted by atomic mass is 10.0. The van der Waals surface area contributed by atoms with Gasteiger partial charge in [-0.15, -0.1) is 0 Å². The molecule has 0 aromatic heterocycles. The second-order valence-corrected chi connectivity index (χ2v) is 7.44. The number of benzene rings is 1. The highest BCUT2D eigenvalue weighted by Crippen LogP contribution is 2.32. The van der Waals surface area contributed by atoms with Crippen LogP contribution in [0.4, 0.5) is 0 Å². The number of nitrogens with one attached hydrogen (secondary N) is 1. The summed E-state index contributed by atoms with van der Waals surface area (Å²) in [6, 6.07) is 6.11. The highest BCUT2D eigenvalue weighted by Gasteiger charge is 2.25. The van der Waals surface area contributed by atoms with Gasteiger partial charge in [0.2, 0.25) is 5.91 Å². The Morgan fingerprint density at radius 3 is 2.56 bits per heavy atom. The van der Waals surface area contributed by atoms with Gasteiger partial charge in [0.15, 0.2) is 11.5 Å². The molecule has 1 N–H and O–H groups in total. The molecule has 1 saturated carbocycles. The first-order chi connectivity index (χ1) is 13.2.